The Morgan fingerprint density at radius 1 is 1.17 bits per heavy atom. The average molecular weight is 428 g/mol. The van der Waals surface area contributed by atoms with Gasteiger partial charge < -0.3 is 20.1 Å². The number of hydrogen-bond donors (Lipinski definition) is 3. The van der Waals surface area contributed by atoms with E-state index in [1.165, 1.54) is 17.0 Å². The van der Waals surface area contributed by atoms with Gasteiger partial charge in [-0.1, -0.05) is 11.6 Å². The van der Waals surface area contributed by atoms with E-state index in [-0.39, 0.29) is 11.4 Å². The van der Waals surface area contributed by atoms with Gasteiger partial charge in [-0.05, 0) is 73.4 Å². The fraction of sp³-hybridized carbons (Fsp3) is 0.304. The summed E-state index contributed by atoms with van der Waals surface area (Å²) in [4.78, 5) is 19.1. The lowest BCUT2D eigenvalue weighted by molar-refractivity contribution is -0.857. The molecule has 1 aromatic heterocycles. The number of hydrogen-bond acceptors (Lipinski definition) is 2. The zero-order valence-corrected chi connectivity index (χ0v) is 18.6. The fourth-order valence-electron chi connectivity index (χ4n) is 3.40. The predicted molar refractivity (Wildman–Crippen MR) is 125 cm³/mol. The summed E-state index contributed by atoms with van der Waals surface area (Å²) in [6.45, 7) is 5.97. The van der Waals surface area contributed by atoms with Crippen molar-refractivity contribution >= 4 is 33.9 Å². The topological polar surface area (TPSA) is 52.6 Å². The second kappa shape index (κ2) is 9.36. The number of thiocarbonyl (C=S) groups is 1. The molecule has 0 spiro atoms. The van der Waals surface area contributed by atoms with Crippen molar-refractivity contribution in [3.63, 3.8) is 0 Å². The van der Waals surface area contributed by atoms with Crippen LogP contribution in [-0.4, -0.2) is 42.2 Å². The van der Waals surface area contributed by atoms with Crippen LogP contribution in [0.15, 0.2) is 47.3 Å². The number of pyridine rings is 1. The smallest absolute Gasteiger partial charge is 0.253 e. The van der Waals surface area contributed by atoms with Gasteiger partial charge >= 0.3 is 0 Å². The van der Waals surface area contributed by atoms with E-state index in [4.69, 9.17) is 12.2 Å². The van der Waals surface area contributed by atoms with Crippen LogP contribution in [-0.2, 0) is 6.54 Å². The molecule has 5 nitrogen and oxygen atoms in total. The van der Waals surface area contributed by atoms with Gasteiger partial charge in [-0.25, -0.2) is 4.39 Å². The van der Waals surface area contributed by atoms with Crippen LogP contribution in [0.25, 0.3) is 10.9 Å². The lowest BCUT2D eigenvalue weighted by atomic mass is 10.1. The summed E-state index contributed by atoms with van der Waals surface area (Å²) in [5.41, 5.74) is 4.33. The minimum absolute atomic E-state index is 0.110. The number of benzene rings is 2. The molecule has 0 saturated carbocycles. The van der Waals surface area contributed by atoms with Crippen molar-refractivity contribution in [1.82, 2.24) is 9.88 Å². The quantitative estimate of drug-likeness (QED) is 0.530. The van der Waals surface area contributed by atoms with Crippen LogP contribution in [0.3, 0.4) is 0 Å². The molecule has 158 valence electrons. The van der Waals surface area contributed by atoms with Crippen LogP contribution < -0.4 is 15.8 Å². The van der Waals surface area contributed by atoms with Crippen LogP contribution >= 0.6 is 12.2 Å². The number of fused-ring (bicyclic) bond motifs is 1. The molecule has 7 heteroatoms. The number of nitrogens with one attached hydrogen (secondary N) is 3. The summed E-state index contributed by atoms with van der Waals surface area (Å²) in [5.74, 6) is -0.298. The minimum Gasteiger partial charge on any atom is -0.339 e. The van der Waals surface area contributed by atoms with Crippen molar-refractivity contribution in [3.05, 3.63) is 75.3 Å². The van der Waals surface area contributed by atoms with E-state index in [1.807, 2.05) is 24.8 Å². The molecule has 0 aliphatic carbocycles. The summed E-state index contributed by atoms with van der Waals surface area (Å²) >= 11 is 5.62. The maximum Gasteiger partial charge on any atom is 0.253 e. The molecule has 0 unspecified atom stereocenters. The second-order valence-electron chi connectivity index (χ2n) is 7.99. The van der Waals surface area contributed by atoms with Gasteiger partial charge in [-0.2, -0.15) is 0 Å². The molecule has 0 fully saturated rings. The molecule has 1 heterocycles. The van der Waals surface area contributed by atoms with Gasteiger partial charge in [0.2, 0.25) is 0 Å². The average Bonchev–Trinajstić information content (AvgIpc) is 2.67. The summed E-state index contributed by atoms with van der Waals surface area (Å²) in [5, 5.41) is 4.67. The zero-order chi connectivity index (χ0) is 21.8. The molecular weight excluding hydrogens is 399 g/mol. The number of quaternary nitrogens is 1. The molecule has 0 amide bonds. The molecule has 0 aliphatic rings. The SMILES string of the molecule is Cc1cc(C)c2[nH]c(=O)c(CN(CC[NH+](C)C)C(=S)Nc3ccc(F)cc3)cc2c1. The Hall–Kier alpha value is -2.77. The molecular formula is C23H28FN4OS+. The van der Waals surface area contributed by atoms with Crippen LogP contribution in [0.2, 0.25) is 0 Å². The van der Waals surface area contributed by atoms with Crippen molar-refractivity contribution in [2.24, 2.45) is 0 Å². The molecule has 3 rings (SSSR count). The number of aromatic amines is 1. The Morgan fingerprint density at radius 3 is 2.53 bits per heavy atom. The molecule has 0 bridgehead atoms. The van der Waals surface area contributed by atoms with E-state index < -0.39 is 0 Å². The van der Waals surface area contributed by atoms with E-state index in [2.05, 4.69) is 36.5 Å². The maximum absolute atomic E-state index is 13.2. The fourth-order valence-corrected chi connectivity index (χ4v) is 3.68. The van der Waals surface area contributed by atoms with Crippen molar-refractivity contribution in [3.8, 4) is 0 Å². The number of anilines is 1. The summed E-state index contributed by atoms with van der Waals surface area (Å²) in [6.07, 6.45) is 0. The van der Waals surface area contributed by atoms with Gasteiger partial charge in [0.05, 0.1) is 39.2 Å². The number of likely N-dealkylation sites (N-methyl/N-ethyl adjacent to an activating group) is 1. The Labute approximate surface area is 181 Å². The van der Waals surface area contributed by atoms with E-state index in [0.29, 0.717) is 29.5 Å². The molecule has 3 N–H and O–H groups in total. The van der Waals surface area contributed by atoms with Crippen LogP contribution in [0.4, 0.5) is 10.1 Å². The molecule has 2 aromatic carbocycles. The number of aromatic nitrogens is 1. The number of nitrogens with zero attached hydrogens (tertiary/aromatic N) is 1. The highest BCUT2D eigenvalue weighted by Gasteiger charge is 2.15. The van der Waals surface area contributed by atoms with Gasteiger partial charge in [0, 0.05) is 11.3 Å². The van der Waals surface area contributed by atoms with E-state index >= 15 is 0 Å². The first-order valence-electron chi connectivity index (χ1n) is 9.96. The predicted octanol–water partition coefficient (Wildman–Crippen LogP) is 2.63. The second-order valence-corrected chi connectivity index (χ2v) is 8.37. The molecule has 0 aliphatic heterocycles. The summed E-state index contributed by atoms with van der Waals surface area (Å²) in [6, 6.07) is 12.1. The van der Waals surface area contributed by atoms with Gasteiger partial charge in [-0.15, -0.1) is 0 Å². The Morgan fingerprint density at radius 2 is 1.87 bits per heavy atom. The highest BCUT2D eigenvalue weighted by molar-refractivity contribution is 7.80. The largest absolute Gasteiger partial charge is 0.339 e. The van der Waals surface area contributed by atoms with Gasteiger partial charge in [0.25, 0.3) is 5.56 Å². The third-order valence-corrected chi connectivity index (χ3v) is 5.36. The van der Waals surface area contributed by atoms with Gasteiger partial charge in [-0.3, -0.25) is 4.79 Å². The Bertz CT molecular complexity index is 1110. The van der Waals surface area contributed by atoms with E-state index in [9.17, 15) is 9.18 Å². The highest BCUT2D eigenvalue weighted by Crippen LogP contribution is 2.19. The summed E-state index contributed by atoms with van der Waals surface area (Å²) in [7, 11) is 4.14. The number of aryl methyl sites for hydroxylation is 2. The lowest BCUT2D eigenvalue weighted by Crippen LogP contribution is -3.06. The Kier molecular flexibility index (Phi) is 6.84. The summed E-state index contributed by atoms with van der Waals surface area (Å²) < 4.78 is 13.2. The maximum atomic E-state index is 13.2. The van der Waals surface area contributed by atoms with Crippen LogP contribution in [0.5, 0.6) is 0 Å². The standard InChI is InChI=1S/C23H27FN4OS/c1-15-11-16(2)21-17(12-15)13-18(22(29)26-21)14-28(10-9-27(3)4)23(30)25-20-7-5-19(24)6-8-20/h5-8,11-13H,9-10,14H2,1-4H3,(H,25,30)(H,26,29)/p+1. The first kappa shape index (κ1) is 21.9. The van der Waals surface area contributed by atoms with Crippen molar-refractivity contribution in [2.45, 2.75) is 20.4 Å². The van der Waals surface area contributed by atoms with Crippen LogP contribution in [0.1, 0.15) is 16.7 Å². The van der Waals surface area contributed by atoms with E-state index in [0.717, 1.165) is 28.6 Å². The first-order valence-corrected chi connectivity index (χ1v) is 10.4. The minimum atomic E-state index is -0.298. The van der Waals surface area contributed by atoms with Crippen molar-refractivity contribution < 1.29 is 9.29 Å². The number of rotatable bonds is 6. The van der Waals surface area contributed by atoms with Gasteiger partial charge in [0.15, 0.2) is 5.11 Å². The molecule has 0 radical (unpaired) electrons. The molecule has 0 saturated heterocycles. The molecule has 30 heavy (non-hydrogen) atoms. The highest BCUT2D eigenvalue weighted by atomic mass is 32.1. The van der Waals surface area contributed by atoms with E-state index in [1.54, 1.807) is 12.1 Å². The number of H-pyrrole nitrogens is 1. The normalized spacial score (nSPS) is 11.1. The van der Waals surface area contributed by atoms with Crippen molar-refractivity contribution in [1.29, 1.82) is 0 Å². The lowest BCUT2D eigenvalue weighted by Gasteiger charge is -2.26. The molecule has 3 aromatic rings. The molecule has 0 atom stereocenters. The third kappa shape index (κ3) is 5.43. The number of halogens is 1. The third-order valence-electron chi connectivity index (χ3n) is 5.00. The van der Waals surface area contributed by atoms with Crippen molar-refractivity contribution in [2.75, 3.05) is 32.5 Å². The monoisotopic (exact) mass is 427 g/mol. The first-order chi connectivity index (χ1) is 14.2. The van der Waals surface area contributed by atoms with Gasteiger partial charge in [0.1, 0.15) is 5.82 Å². The zero-order valence-electron chi connectivity index (χ0n) is 17.8. The Balaban J connectivity index is 1.88. The van der Waals surface area contributed by atoms with Crippen LogP contribution in [0, 0.1) is 19.7 Å².